The van der Waals surface area contributed by atoms with E-state index in [0.717, 1.165) is 42.6 Å². The Balaban J connectivity index is 1.28. The number of hydrogen-bond donors (Lipinski definition) is 1. The number of nitrogens with zero attached hydrogens (tertiary/aromatic N) is 4. The number of piperazine rings is 1. The maximum Gasteiger partial charge on any atom is 0.251 e. The number of benzene rings is 1. The Morgan fingerprint density at radius 1 is 1.15 bits per heavy atom. The molecular formula is C29H39N5O4S. The number of likely N-dealkylation sites (N-methyl/N-ethyl adjacent to an activating group) is 1. The van der Waals surface area contributed by atoms with Gasteiger partial charge in [-0.1, -0.05) is 39.8 Å². The van der Waals surface area contributed by atoms with Crippen LogP contribution in [0.2, 0.25) is 0 Å². The fourth-order valence-corrected chi connectivity index (χ4v) is 6.59. The summed E-state index contributed by atoms with van der Waals surface area (Å²) in [6.45, 7) is 12.6. The van der Waals surface area contributed by atoms with Gasteiger partial charge >= 0.3 is 0 Å². The van der Waals surface area contributed by atoms with E-state index in [1.54, 1.807) is 28.4 Å². The molecule has 0 radical (unpaired) electrons. The zero-order valence-corrected chi connectivity index (χ0v) is 24.3. The Bertz CT molecular complexity index is 1220. The molecule has 39 heavy (non-hydrogen) atoms. The van der Waals surface area contributed by atoms with Gasteiger partial charge in [-0.25, -0.2) is 4.98 Å². The van der Waals surface area contributed by atoms with Crippen molar-refractivity contribution in [2.75, 3.05) is 51.3 Å². The molecule has 1 aromatic heterocycles. The summed E-state index contributed by atoms with van der Waals surface area (Å²) in [5, 5.41) is 6.06. The van der Waals surface area contributed by atoms with Crippen LogP contribution in [0.5, 0.6) is 0 Å². The quantitative estimate of drug-likeness (QED) is 0.588. The number of amides is 2. The van der Waals surface area contributed by atoms with E-state index in [4.69, 9.17) is 9.72 Å². The van der Waals surface area contributed by atoms with Crippen LogP contribution in [0.4, 0.5) is 5.13 Å². The predicted molar refractivity (Wildman–Crippen MR) is 152 cm³/mol. The number of fused-ring (bicyclic) bond motifs is 1. The highest BCUT2D eigenvalue weighted by Gasteiger charge is 2.51. The summed E-state index contributed by atoms with van der Waals surface area (Å²) in [6.07, 6.45) is 0.198. The second-order valence-corrected chi connectivity index (χ2v) is 13.2. The smallest absolute Gasteiger partial charge is 0.251 e. The molecule has 3 aliphatic heterocycles. The van der Waals surface area contributed by atoms with E-state index >= 15 is 0 Å². The lowest BCUT2D eigenvalue weighted by molar-refractivity contribution is -0.138. The largest absolute Gasteiger partial charge is 0.367 e. The third-order valence-electron chi connectivity index (χ3n) is 7.85. The molecule has 0 bridgehead atoms. The molecule has 3 aliphatic rings. The monoisotopic (exact) mass is 553 g/mol. The minimum atomic E-state index is -0.735. The van der Waals surface area contributed by atoms with E-state index in [-0.39, 0.29) is 41.6 Å². The lowest BCUT2D eigenvalue weighted by Gasteiger charge is -2.32. The molecule has 3 saturated heterocycles. The summed E-state index contributed by atoms with van der Waals surface area (Å²) in [4.78, 5) is 50.6. The molecule has 3 fully saturated rings. The summed E-state index contributed by atoms with van der Waals surface area (Å²) >= 11 is 1.64. The van der Waals surface area contributed by atoms with Gasteiger partial charge in [0.2, 0.25) is 5.91 Å². The van der Waals surface area contributed by atoms with E-state index in [0.29, 0.717) is 18.5 Å². The van der Waals surface area contributed by atoms with Crippen LogP contribution >= 0.6 is 11.3 Å². The zero-order valence-electron chi connectivity index (χ0n) is 23.5. The molecule has 2 aromatic rings. The number of carbonyl (C=O) groups excluding carboxylic acids is 3. The first-order valence-corrected chi connectivity index (χ1v) is 14.6. The van der Waals surface area contributed by atoms with Gasteiger partial charge in [-0.2, -0.15) is 0 Å². The fourth-order valence-electron chi connectivity index (χ4n) is 5.71. The first kappa shape index (κ1) is 27.7. The average molecular weight is 554 g/mol. The Hall–Kier alpha value is -2.82. The van der Waals surface area contributed by atoms with Gasteiger partial charge in [0.05, 0.1) is 11.8 Å². The number of nitrogens with one attached hydrogen (secondary N) is 1. The van der Waals surface area contributed by atoms with E-state index in [9.17, 15) is 14.4 Å². The number of thiazole rings is 1. The number of likely N-dealkylation sites (tertiary alicyclic amines) is 1. The fraction of sp³-hybridized carbons (Fsp3) is 0.586. The van der Waals surface area contributed by atoms with Gasteiger partial charge in [0.25, 0.3) is 5.91 Å². The summed E-state index contributed by atoms with van der Waals surface area (Å²) in [6, 6.07) is 6.07. The van der Waals surface area contributed by atoms with Gasteiger partial charge in [-0.15, -0.1) is 11.3 Å². The van der Waals surface area contributed by atoms with Gasteiger partial charge in [-0.3, -0.25) is 14.4 Å². The van der Waals surface area contributed by atoms with Crippen LogP contribution in [-0.4, -0.2) is 96.9 Å². The number of hydrogen-bond acceptors (Lipinski definition) is 8. The maximum atomic E-state index is 13.7. The number of carbonyl (C=O) groups is 3. The second kappa shape index (κ2) is 11.0. The molecule has 5 rings (SSSR count). The van der Waals surface area contributed by atoms with Crippen LogP contribution in [0.1, 0.15) is 44.5 Å². The van der Waals surface area contributed by atoms with Crippen molar-refractivity contribution in [3.63, 3.8) is 0 Å². The molecule has 2 amide bonds. The summed E-state index contributed by atoms with van der Waals surface area (Å²) in [5.74, 6) is -0.510. The molecule has 0 spiro atoms. The van der Waals surface area contributed by atoms with E-state index in [1.807, 2.05) is 39.8 Å². The molecule has 0 aliphatic carbocycles. The van der Waals surface area contributed by atoms with Gasteiger partial charge in [0, 0.05) is 55.1 Å². The molecule has 9 nitrogen and oxygen atoms in total. The molecule has 10 heteroatoms. The molecule has 0 saturated carbocycles. The topological polar surface area (TPSA) is 95.1 Å². The molecular weight excluding hydrogens is 514 g/mol. The minimum Gasteiger partial charge on any atom is -0.367 e. The van der Waals surface area contributed by atoms with Gasteiger partial charge in [0.15, 0.2) is 10.9 Å². The first-order valence-electron chi connectivity index (χ1n) is 13.8. The van der Waals surface area contributed by atoms with E-state index in [2.05, 4.69) is 27.5 Å². The van der Waals surface area contributed by atoms with E-state index < -0.39 is 12.1 Å². The third-order valence-corrected chi connectivity index (χ3v) is 8.75. The van der Waals surface area contributed by atoms with Crippen molar-refractivity contribution >= 4 is 34.1 Å². The zero-order chi connectivity index (χ0) is 27.9. The van der Waals surface area contributed by atoms with Gasteiger partial charge in [-0.05, 0) is 31.0 Å². The Kier molecular flexibility index (Phi) is 7.81. The van der Waals surface area contributed by atoms with Crippen LogP contribution < -0.4 is 10.2 Å². The van der Waals surface area contributed by atoms with Crippen LogP contribution in [0.3, 0.4) is 0 Å². The average Bonchev–Trinajstić information content (AvgIpc) is 3.61. The molecule has 0 unspecified atom stereocenters. The number of Topliss-reactive ketones (excluding diaryl/α,β-unsaturated/α-hetero) is 1. The van der Waals surface area contributed by atoms with Crippen molar-refractivity contribution in [2.24, 2.45) is 11.3 Å². The van der Waals surface area contributed by atoms with Crippen LogP contribution in [-0.2, 0) is 14.3 Å². The van der Waals surface area contributed by atoms with Gasteiger partial charge < -0.3 is 24.8 Å². The lowest BCUT2D eigenvalue weighted by atomic mass is 9.87. The summed E-state index contributed by atoms with van der Waals surface area (Å²) in [7, 11) is 2.14. The molecule has 1 N–H and O–H groups in total. The van der Waals surface area contributed by atoms with Crippen molar-refractivity contribution in [1.29, 1.82) is 0 Å². The van der Waals surface area contributed by atoms with Crippen molar-refractivity contribution in [2.45, 2.75) is 52.3 Å². The molecule has 4 atom stereocenters. The number of ketones is 1. The normalized spacial score (nSPS) is 24.6. The van der Waals surface area contributed by atoms with Crippen molar-refractivity contribution in [3.05, 3.63) is 35.2 Å². The number of ether oxygens (including phenoxy) is 1. The first-order chi connectivity index (χ1) is 18.5. The highest BCUT2D eigenvalue weighted by atomic mass is 32.1. The Morgan fingerprint density at radius 3 is 2.51 bits per heavy atom. The van der Waals surface area contributed by atoms with Gasteiger partial charge in [0.1, 0.15) is 18.7 Å². The number of anilines is 1. The summed E-state index contributed by atoms with van der Waals surface area (Å²) in [5.41, 5.74) is 2.11. The van der Waals surface area contributed by atoms with Crippen LogP contribution in [0.25, 0.3) is 11.3 Å². The Morgan fingerprint density at radius 2 is 1.85 bits per heavy atom. The predicted octanol–water partition coefficient (Wildman–Crippen LogP) is 2.91. The van der Waals surface area contributed by atoms with Crippen LogP contribution in [0, 0.1) is 11.3 Å². The maximum absolute atomic E-state index is 13.7. The van der Waals surface area contributed by atoms with E-state index in [1.165, 1.54) is 0 Å². The molecule has 210 valence electrons. The molecule has 4 heterocycles. The highest BCUT2D eigenvalue weighted by molar-refractivity contribution is 7.14. The third kappa shape index (κ3) is 6.02. The molecule has 1 aromatic carbocycles. The minimum absolute atomic E-state index is 0.0436. The lowest BCUT2D eigenvalue weighted by Crippen LogP contribution is -2.53. The number of aromatic nitrogens is 1. The highest BCUT2D eigenvalue weighted by Crippen LogP contribution is 2.33. The Labute approximate surface area is 234 Å². The van der Waals surface area contributed by atoms with Crippen molar-refractivity contribution in [1.82, 2.24) is 20.1 Å². The van der Waals surface area contributed by atoms with Crippen molar-refractivity contribution in [3.8, 4) is 11.3 Å². The summed E-state index contributed by atoms with van der Waals surface area (Å²) < 4.78 is 5.66. The standard InChI is InChI=1S/C29H39N5O4S/c1-18-15-34(24-23(35)16-38-25(18)24)27(37)21(14-29(2,3)4)30-26(36)20-8-6-19(7-9-20)22-17-39-28(31-22)33-12-10-32(5)11-13-33/h6-9,17-18,21,24-25H,10-16H2,1-5H3,(H,30,36)/t18-,21+,24-,25-/m1/s1. The number of rotatable bonds is 6. The SMILES string of the molecule is C[C@@H]1CN(C(=O)[C@H](CC(C)(C)C)NC(=O)c2ccc(-c3csc(N4CCN(C)CC4)n3)cc2)[C@@H]2C(=O)CO[C@H]12. The van der Waals surface area contributed by atoms with Crippen LogP contribution in [0.15, 0.2) is 29.6 Å². The second-order valence-electron chi connectivity index (χ2n) is 12.3. The van der Waals surface area contributed by atoms with Crippen molar-refractivity contribution < 1.29 is 19.1 Å².